The van der Waals surface area contributed by atoms with Crippen LogP contribution in [0.15, 0.2) is 30.3 Å². The minimum Gasteiger partial charge on any atom is -0.368 e. The van der Waals surface area contributed by atoms with Crippen LogP contribution in [0, 0.1) is 0 Å². The summed E-state index contributed by atoms with van der Waals surface area (Å²) >= 11 is 5.65. The van der Waals surface area contributed by atoms with E-state index in [0.717, 1.165) is 5.56 Å². The zero-order valence-corrected chi connectivity index (χ0v) is 10.6. The number of nitrogens with zero attached hydrogens (tertiary/aromatic N) is 3. The van der Waals surface area contributed by atoms with Gasteiger partial charge >= 0.3 is 0 Å². The fourth-order valence-corrected chi connectivity index (χ4v) is 1.66. The summed E-state index contributed by atoms with van der Waals surface area (Å²) in [4.78, 5) is 12.3. The molecule has 1 aromatic heterocycles. The number of hydrogen-bond acceptors (Lipinski definition) is 5. The maximum absolute atomic E-state index is 5.65. The van der Waals surface area contributed by atoms with Crippen molar-refractivity contribution >= 4 is 23.5 Å². The molecule has 2 rings (SSSR count). The number of aryl methyl sites for hydroxylation is 1. The van der Waals surface area contributed by atoms with Gasteiger partial charge in [-0.15, -0.1) is 11.6 Å². The van der Waals surface area contributed by atoms with Crippen molar-refractivity contribution in [2.45, 2.75) is 13.0 Å². The molecule has 0 radical (unpaired) electrons. The van der Waals surface area contributed by atoms with Gasteiger partial charge in [0.05, 0.1) is 0 Å². The monoisotopic (exact) mass is 263 g/mol. The summed E-state index contributed by atoms with van der Waals surface area (Å²) < 4.78 is 0. The molecular weight excluding hydrogens is 250 g/mol. The third kappa shape index (κ3) is 3.56. The minimum absolute atomic E-state index is 0.209. The average Bonchev–Trinajstić information content (AvgIpc) is 2.37. The number of rotatable bonds is 5. The van der Waals surface area contributed by atoms with E-state index in [-0.39, 0.29) is 5.95 Å². The second kappa shape index (κ2) is 6.16. The van der Waals surface area contributed by atoms with E-state index in [2.05, 4.69) is 20.3 Å². The fraction of sp³-hybridized carbons (Fsp3) is 0.250. The lowest BCUT2D eigenvalue weighted by Crippen LogP contribution is -2.10. The molecule has 0 saturated carbocycles. The number of nitrogen functional groups attached to an aromatic ring is 1. The van der Waals surface area contributed by atoms with Crippen molar-refractivity contribution < 1.29 is 0 Å². The molecule has 2 aromatic rings. The molecule has 0 fully saturated rings. The van der Waals surface area contributed by atoms with E-state index in [9.17, 15) is 0 Å². The number of hydrogen-bond donors (Lipinski definition) is 2. The molecule has 6 heteroatoms. The first-order valence-electron chi connectivity index (χ1n) is 5.62. The van der Waals surface area contributed by atoms with Crippen LogP contribution in [0.3, 0.4) is 0 Å². The topological polar surface area (TPSA) is 76.7 Å². The van der Waals surface area contributed by atoms with Crippen molar-refractivity contribution in [1.82, 2.24) is 15.0 Å². The van der Waals surface area contributed by atoms with Crippen LogP contribution < -0.4 is 11.1 Å². The molecule has 0 unspecified atom stereocenters. The molecule has 0 atom stereocenters. The van der Waals surface area contributed by atoms with Crippen molar-refractivity contribution in [1.29, 1.82) is 0 Å². The quantitative estimate of drug-likeness (QED) is 0.805. The smallest absolute Gasteiger partial charge is 0.228 e. The second-order valence-corrected chi connectivity index (χ2v) is 4.09. The summed E-state index contributed by atoms with van der Waals surface area (Å²) in [6.07, 6.45) is 0.578. The summed E-state index contributed by atoms with van der Waals surface area (Å²) in [6.45, 7) is 0.643. The van der Waals surface area contributed by atoms with Gasteiger partial charge in [0.1, 0.15) is 5.82 Å². The third-order valence-corrected chi connectivity index (χ3v) is 2.50. The van der Waals surface area contributed by atoms with Gasteiger partial charge in [0.15, 0.2) is 0 Å². The highest BCUT2D eigenvalue weighted by molar-refractivity contribution is 6.17. The van der Waals surface area contributed by atoms with E-state index >= 15 is 0 Å². The fourth-order valence-electron chi connectivity index (χ4n) is 1.49. The van der Waals surface area contributed by atoms with Gasteiger partial charge < -0.3 is 11.1 Å². The number of halogens is 1. The van der Waals surface area contributed by atoms with Crippen molar-refractivity contribution in [3.05, 3.63) is 41.7 Å². The highest BCUT2D eigenvalue weighted by Gasteiger charge is 2.03. The average molecular weight is 264 g/mol. The molecule has 1 aromatic carbocycles. The predicted octanol–water partition coefficient (Wildman–Crippen LogP) is 1.85. The standard InChI is InChI=1S/C12H14ClN5/c13-7-6-10-16-11(14)18-12(17-10)15-8-9-4-2-1-3-5-9/h1-5H,6-8H2,(H3,14,15,16,17,18). The molecule has 0 aliphatic heterocycles. The lowest BCUT2D eigenvalue weighted by atomic mass is 10.2. The number of nitrogens with one attached hydrogen (secondary N) is 1. The molecule has 18 heavy (non-hydrogen) atoms. The van der Waals surface area contributed by atoms with Gasteiger partial charge in [-0.3, -0.25) is 0 Å². The van der Waals surface area contributed by atoms with E-state index < -0.39 is 0 Å². The van der Waals surface area contributed by atoms with E-state index in [1.807, 2.05) is 30.3 Å². The normalized spacial score (nSPS) is 10.3. The molecule has 0 saturated heterocycles. The molecular formula is C12H14ClN5. The Labute approximate surface area is 110 Å². The van der Waals surface area contributed by atoms with Crippen LogP contribution in [0.5, 0.6) is 0 Å². The highest BCUT2D eigenvalue weighted by Crippen LogP contribution is 2.06. The Morgan fingerprint density at radius 2 is 1.89 bits per heavy atom. The Bertz CT molecular complexity index is 503. The van der Waals surface area contributed by atoms with Crippen LogP contribution in [-0.4, -0.2) is 20.8 Å². The molecule has 0 aliphatic carbocycles. The summed E-state index contributed by atoms with van der Waals surface area (Å²) in [5.74, 6) is 1.75. The van der Waals surface area contributed by atoms with Crippen LogP contribution in [0.1, 0.15) is 11.4 Å². The zero-order valence-electron chi connectivity index (χ0n) is 9.81. The number of alkyl halides is 1. The van der Waals surface area contributed by atoms with Crippen LogP contribution >= 0.6 is 11.6 Å². The van der Waals surface area contributed by atoms with Crippen molar-refractivity contribution in [2.24, 2.45) is 0 Å². The Morgan fingerprint density at radius 3 is 2.61 bits per heavy atom. The molecule has 3 N–H and O–H groups in total. The lowest BCUT2D eigenvalue weighted by molar-refractivity contribution is 0.902. The summed E-state index contributed by atoms with van der Waals surface area (Å²) in [5, 5.41) is 3.12. The second-order valence-electron chi connectivity index (χ2n) is 3.71. The van der Waals surface area contributed by atoms with Crippen molar-refractivity contribution in [3.8, 4) is 0 Å². The maximum atomic E-state index is 5.65. The summed E-state index contributed by atoms with van der Waals surface area (Å²) in [7, 11) is 0. The van der Waals surface area contributed by atoms with E-state index in [1.54, 1.807) is 0 Å². The lowest BCUT2D eigenvalue weighted by Gasteiger charge is -2.06. The Kier molecular flexibility index (Phi) is 4.30. The molecule has 0 spiro atoms. The Hall–Kier alpha value is -1.88. The zero-order chi connectivity index (χ0) is 12.8. The summed E-state index contributed by atoms with van der Waals surface area (Å²) in [5.41, 5.74) is 6.76. The maximum Gasteiger partial charge on any atom is 0.228 e. The molecule has 0 aliphatic rings. The van der Waals surface area contributed by atoms with Crippen LogP contribution in [0.25, 0.3) is 0 Å². The number of aromatic nitrogens is 3. The van der Waals surface area contributed by atoms with Gasteiger partial charge in [0, 0.05) is 18.8 Å². The van der Waals surface area contributed by atoms with Crippen molar-refractivity contribution in [2.75, 3.05) is 16.9 Å². The van der Waals surface area contributed by atoms with Crippen LogP contribution in [0.2, 0.25) is 0 Å². The van der Waals surface area contributed by atoms with Gasteiger partial charge in [-0.05, 0) is 5.56 Å². The Balaban J connectivity index is 2.05. The third-order valence-electron chi connectivity index (χ3n) is 2.31. The Morgan fingerprint density at radius 1 is 1.11 bits per heavy atom. The molecule has 94 valence electrons. The molecule has 5 nitrogen and oxygen atoms in total. The van der Waals surface area contributed by atoms with E-state index in [4.69, 9.17) is 17.3 Å². The van der Waals surface area contributed by atoms with Gasteiger partial charge in [-0.2, -0.15) is 15.0 Å². The van der Waals surface area contributed by atoms with Gasteiger partial charge in [0.25, 0.3) is 0 Å². The van der Waals surface area contributed by atoms with Crippen molar-refractivity contribution in [3.63, 3.8) is 0 Å². The first kappa shape index (κ1) is 12.6. The predicted molar refractivity (Wildman–Crippen MR) is 72.4 cm³/mol. The molecule has 0 bridgehead atoms. The van der Waals surface area contributed by atoms with Crippen LogP contribution in [0.4, 0.5) is 11.9 Å². The number of nitrogens with two attached hydrogens (primary N) is 1. The van der Waals surface area contributed by atoms with Gasteiger partial charge in [0.2, 0.25) is 11.9 Å². The van der Waals surface area contributed by atoms with E-state index in [0.29, 0.717) is 30.6 Å². The SMILES string of the molecule is Nc1nc(CCCl)nc(NCc2ccccc2)n1. The van der Waals surface area contributed by atoms with Gasteiger partial charge in [-0.25, -0.2) is 0 Å². The number of benzene rings is 1. The highest BCUT2D eigenvalue weighted by atomic mass is 35.5. The van der Waals surface area contributed by atoms with Crippen LogP contribution in [-0.2, 0) is 13.0 Å². The number of anilines is 2. The van der Waals surface area contributed by atoms with E-state index in [1.165, 1.54) is 0 Å². The van der Waals surface area contributed by atoms with Gasteiger partial charge in [-0.1, -0.05) is 30.3 Å². The first-order valence-corrected chi connectivity index (χ1v) is 6.15. The minimum atomic E-state index is 0.209. The first-order chi connectivity index (χ1) is 8.78. The largest absolute Gasteiger partial charge is 0.368 e. The molecule has 0 amide bonds. The summed E-state index contributed by atoms with van der Waals surface area (Å²) in [6, 6.07) is 9.99. The molecule has 1 heterocycles.